The Morgan fingerprint density at radius 3 is 2.20 bits per heavy atom. The fourth-order valence-electron chi connectivity index (χ4n) is 2.78. The number of amides is 1. The summed E-state index contributed by atoms with van der Waals surface area (Å²) in [6.45, 7) is 9.65. The molecule has 1 heterocycles. The van der Waals surface area contributed by atoms with Gasteiger partial charge in [-0.15, -0.1) is 0 Å². The third kappa shape index (κ3) is 2.97. The molecule has 0 radical (unpaired) electrons. The average molecular weight is 275 g/mol. The van der Waals surface area contributed by atoms with Crippen LogP contribution in [0, 0.1) is 12.3 Å². The number of hydrogen-bond donors (Lipinski definition) is 0. The predicted octanol–water partition coefficient (Wildman–Crippen LogP) is 2.98. The molecule has 0 saturated heterocycles. The number of benzene rings is 1. The van der Waals surface area contributed by atoms with Gasteiger partial charge in [0.1, 0.15) is 5.75 Å². The zero-order valence-electron chi connectivity index (χ0n) is 13.2. The highest BCUT2D eigenvalue weighted by atomic mass is 16.5. The SMILES string of the molecule is COc1cc2c(cc1C)CCN(C(=O)C(C)(C)C)CC2. The molecule has 0 unspecified atom stereocenters. The highest BCUT2D eigenvalue weighted by molar-refractivity contribution is 5.81. The summed E-state index contributed by atoms with van der Waals surface area (Å²) in [5.41, 5.74) is 3.54. The Kier molecular flexibility index (Phi) is 4.07. The van der Waals surface area contributed by atoms with Crippen molar-refractivity contribution in [1.29, 1.82) is 0 Å². The highest BCUT2D eigenvalue weighted by Gasteiger charge is 2.28. The zero-order chi connectivity index (χ0) is 14.9. The molecule has 0 fully saturated rings. The van der Waals surface area contributed by atoms with Gasteiger partial charge in [0.25, 0.3) is 0 Å². The van der Waals surface area contributed by atoms with Crippen molar-refractivity contribution in [3.8, 4) is 5.75 Å². The summed E-state index contributed by atoms with van der Waals surface area (Å²) < 4.78 is 5.40. The second-order valence-corrected chi connectivity index (χ2v) is 6.63. The molecule has 110 valence electrons. The van der Waals surface area contributed by atoms with Gasteiger partial charge in [-0.25, -0.2) is 0 Å². The number of carbonyl (C=O) groups is 1. The van der Waals surface area contributed by atoms with Gasteiger partial charge in [0.15, 0.2) is 0 Å². The van der Waals surface area contributed by atoms with Crippen molar-refractivity contribution in [3.05, 3.63) is 28.8 Å². The van der Waals surface area contributed by atoms with E-state index < -0.39 is 0 Å². The number of aryl methyl sites for hydroxylation is 1. The topological polar surface area (TPSA) is 29.5 Å². The summed E-state index contributed by atoms with van der Waals surface area (Å²) in [6.07, 6.45) is 1.84. The van der Waals surface area contributed by atoms with Crippen molar-refractivity contribution < 1.29 is 9.53 Å². The largest absolute Gasteiger partial charge is 0.496 e. The average Bonchev–Trinajstić information content (AvgIpc) is 2.58. The molecule has 2 rings (SSSR count). The maximum atomic E-state index is 12.4. The van der Waals surface area contributed by atoms with Crippen LogP contribution in [0.2, 0.25) is 0 Å². The number of rotatable bonds is 1. The van der Waals surface area contributed by atoms with E-state index in [2.05, 4.69) is 19.1 Å². The second-order valence-electron chi connectivity index (χ2n) is 6.63. The van der Waals surface area contributed by atoms with E-state index in [1.54, 1.807) is 7.11 Å². The van der Waals surface area contributed by atoms with E-state index in [0.29, 0.717) is 0 Å². The van der Waals surface area contributed by atoms with E-state index in [9.17, 15) is 4.79 Å². The Bertz CT molecular complexity index is 514. The third-order valence-electron chi connectivity index (χ3n) is 3.95. The van der Waals surface area contributed by atoms with Crippen LogP contribution in [0.15, 0.2) is 12.1 Å². The Hall–Kier alpha value is -1.51. The molecule has 1 aromatic carbocycles. The summed E-state index contributed by atoms with van der Waals surface area (Å²) in [6, 6.07) is 4.34. The Morgan fingerprint density at radius 1 is 1.15 bits per heavy atom. The molecule has 1 amide bonds. The molecule has 0 saturated carbocycles. The van der Waals surface area contributed by atoms with E-state index in [1.807, 2.05) is 25.7 Å². The van der Waals surface area contributed by atoms with Crippen LogP contribution in [-0.4, -0.2) is 31.0 Å². The lowest BCUT2D eigenvalue weighted by atomic mass is 9.94. The quantitative estimate of drug-likeness (QED) is 0.788. The lowest BCUT2D eigenvalue weighted by Gasteiger charge is -2.28. The smallest absolute Gasteiger partial charge is 0.227 e. The third-order valence-corrected chi connectivity index (χ3v) is 3.95. The zero-order valence-corrected chi connectivity index (χ0v) is 13.2. The van der Waals surface area contributed by atoms with Gasteiger partial charge in [-0.3, -0.25) is 4.79 Å². The van der Waals surface area contributed by atoms with Crippen LogP contribution in [0.3, 0.4) is 0 Å². The van der Waals surface area contributed by atoms with E-state index in [1.165, 1.54) is 16.7 Å². The molecular weight excluding hydrogens is 250 g/mol. The second kappa shape index (κ2) is 5.47. The first kappa shape index (κ1) is 14.9. The van der Waals surface area contributed by atoms with Gasteiger partial charge in [-0.1, -0.05) is 26.8 Å². The van der Waals surface area contributed by atoms with Crippen molar-refractivity contribution in [2.75, 3.05) is 20.2 Å². The van der Waals surface area contributed by atoms with Gasteiger partial charge in [0.05, 0.1) is 7.11 Å². The van der Waals surface area contributed by atoms with Crippen LogP contribution in [0.5, 0.6) is 5.75 Å². The van der Waals surface area contributed by atoms with Crippen molar-refractivity contribution in [3.63, 3.8) is 0 Å². The van der Waals surface area contributed by atoms with Gasteiger partial charge in [0.2, 0.25) is 5.91 Å². The molecule has 3 heteroatoms. The van der Waals surface area contributed by atoms with Crippen molar-refractivity contribution >= 4 is 5.91 Å². The minimum atomic E-state index is -0.301. The van der Waals surface area contributed by atoms with E-state index >= 15 is 0 Å². The van der Waals surface area contributed by atoms with E-state index in [4.69, 9.17) is 4.74 Å². The number of carbonyl (C=O) groups excluding carboxylic acids is 1. The Morgan fingerprint density at radius 2 is 1.70 bits per heavy atom. The van der Waals surface area contributed by atoms with Crippen LogP contribution in [0.25, 0.3) is 0 Å². The normalized spacial score (nSPS) is 15.6. The van der Waals surface area contributed by atoms with Crippen molar-refractivity contribution in [2.45, 2.75) is 40.5 Å². The first-order valence-electron chi connectivity index (χ1n) is 7.28. The fraction of sp³-hybridized carbons (Fsp3) is 0.588. The Labute approximate surface area is 121 Å². The highest BCUT2D eigenvalue weighted by Crippen LogP contribution is 2.27. The molecular formula is C17H25NO2. The minimum absolute atomic E-state index is 0.244. The Balaban J connectivity index is 2.21. The summed E-state index contributed by atoms with van der Waals surface area (Å²) in [4.78, 5) is 14.4. The molecule has 20 heavy (non-hydrogen) atoms. The van der Waals surface area contributed by atoms with E-state index in [0.717, 1.165) is 31.7 Å². The summed E-state index contributed by atoms with van der Waals surface area (Å²) in [5, 5.41) is 0. The number of nitrogens with zero attached hydrogens (tertiary/aromatic N) is 1. The van der Waals surface area contributed by atoms with Crippen LogP contribution in [0.1, 0.15) is 37.5 Å². The van der Waals surface area contributed by atoms with Crippen LogP contribution < -0.4 is 4.74 Å². The first-order valence-corrected chi connectivity index (χ1v) is 7.28. The first-order chi connectivity index (χ1) is 9.32. The minimum Gasteiger partial charge on any atom is -0.496 e. The summed E-state index contributed by atoms with van der Waals surface area (Å²) >= 11 is 0. The molecule has 3 nitrogen and oxygen atoms in total. The van der Waals surface area contributed by atoms with Gasteiger partial charge < -0.3 is 9.64 Å². The lowest BCUT2D eigenvalue weighted by Crippen LogP contribution is -2.40. The van der Waals surface area contributed by atoms with Crippen LogP contribution >= 0.6 is 0 Å². The monoisotopic (exact) mass is 275 g/mol. The summed E-state index contributed by atoms with van der Waals surface area (Å²) in [5.74, 6) is 1.19. The molecule has 0 spiro atoms. The van der Waals surface area contributed by atoms with Gasteiger partial charge in [-0.05, 0) is 42.5 Å². The molecule has 0 aliphatic carbocycles. The maximum Gasteiger partial charge on any atom is 0.227 e. The number of ether oxygens (including phenoxy) is 1. The van der Waals surface area contributed by atoms with Crippen molar-refractivity contribution in [1.82, 2.24) is 4.90 Å². The van der Waals surface area contributed by atoms with Gasteiger partial charge in [0, 0.05) is 18.5 Å². The lowest BCUT2D eigenvalue weighted by molar-refractivity contribution is -0.139. The fourth-order valence-corrected chi connectivity index (χ4v) is 2.78. The van der Waals surface area contributed by atoms with Gasteiger partial charge >= 0.3 is 0 Å². The van der Waals surface area contributed by atoms with E-state index in [-0.39, 0.29) is 11.3 Å². The number of methoxy groups -OCH3 is 1. The van der Waals surface area contributed by atoms with Crippen molar-refractivity contribution in [2.24, 2.45) is 5.41 Å². The van der Waals surface area contributed by atoms with Crippen LogP contribution in [-0.2, 0) is 17.6 Å². The molecule has 0 N–H and O–H groups in total. The number of hydrogen-bond acceptors (Lipinski definition) is 2. The molecule has 1 aliphatic rings. The summed E-state index contributed by atoms with van der Waals surface area (Å²) in [7, 11) is 1.71. The van der Waals surface area contributed by atoms with Crippen LogP contribution in [0.4, 0.5) is 0 Å². The molecule has 1 aliphatic heterocycles. The van der Waals surface area contributed by atoms with Gasteiger partial charge in [-0.2, -0.15) is 0 Å². The predicted molar refractivity (Wildman–Crippen MR) is 81.2 cm³/mol. The molecule has 0 aromatic heterocycles. The molecule has 0 bridgehead atoms. The standard InChI is InChI=1S/C17H25NO2/c1-12-10-13-6-8-18(16(19)17(2,3)4)9-7-14(13)11-15(12)20-5/h10-11H,6-9H2,1-5H3. The maximum absolute atomic E-state index is 12.4. The molecule has 0 atom stereocenters. The molecule has 1 aromatic rings. The number of fused-ring (bicyclic) bond motifs is 1.